The first-order valence-corrected chi connectivity index (χ1v) is 8.38. The summed E-state index contributed by atoms with van der Waals surface area (Å²) in [6, 6.07) is 7.63. The average Bonchev–Trinajstić information content (AvgIpc) is 2.90. The van der Waals surface area contributed by atoms with E-state index >= 15 is 0 Å². The molecule has 1 aromatic heterocycles. The Hall–Kier alpha value is -1.15. The van der Waals surface area contributed by atoms with Crippen molar-refractivity contribution in [3.8, 4) is 0 Å². The summed E-state index contributed by atoms with van der Waals surface area (Å²) < 4.78 is 0.875. The first-order chi connectivity index (χ1) is 9.65. The van der Waals surface area contributed by atoms with Crippen LogP contribution < -0.4 is 5.32 Å². The van der Waals surface area contributed by atoms with Crippen molar-refractivity contribution in [1.29, 1.82) is 0 Å². The summed E-state index contributed by atoms with van der Waals surface area (Å²) in [7, 11) is 0. The van der Waals surface area contributed by atoms with Gasteiger partial charge < -0.3 is 5.32 Å². The van der Waals surface area contributed by atoms with Gasteiger partial charge >= 0.3 is 0 Å². The topological polar surface area (TPSA) is 55.2 Å². The number of nitro groups is 1. The normalized spacial score (nSPS) is 17.6. The smallest absolute Gasteiger partial charge is 0.293 e. The molecular weight excluding hydrogens is 387 g/mol. The number of aryl methyl sites for hydroxylation is 1. The fourth-order valence-electron chi connectivity index (χ4n) is 2.60. The van der Waals surface area contributed by atoms with E-state index in [1.165, 1.54) is 10.4 Å². The van der Waals surface area contributed by atoms with Crippen molar-refractivity contribution >= 4 is 45.3 Å². The predicted octanol–water partition coefficient (Wildman–Crippen LogP) is 4.75. The summed E-state index contributed by atoms with van der Waals surface area (Å²) in [5.41, 5.74) is 2.06. The van der Waals surface area contributed by atoms with Crippen LogP contribution in [0.2, 0.25) is 0 Å². The van der Waals surface area contributed by atoms with Crippen molar-refractivity contribution in [1.82, 2.24) is 0 Å². The number of thiophene rings is 1. The van der Waals surface area contributed by atoms with Gasteiger partial charge in [-0.05, 0) is 71.0 Å². The molecule has 0 bridgehead atoms. The minimum Gasteiger partial charge on any atom is -0.373 e. The first kappa shape index (κ1) is 13.8. The van der Waals surface area contributed by atoms with E-state index in [4.69, 9.17) is 0 Å². The molecule has 1 heterocycles. The van der Waals surface area contributed by atoms with E-state index in [0.29, 0.717) is 5.69 Å². The molecule has 0 saturated carbocycles. The Labute approximate surface area is 134 Å². The Morgan fingerprint density at radius 1 is 1.40 bits per heavy atom. The van der Waals surface area contributed by atoms with Crippen LogP contribution in [-0.2, 0) is 6.42 Å². The van der Waals surface area contributed by atoms with Crippen LogP contribution in [-0.4, -0.2) is 4.92 Å². The highest BCUT2D eigenvalue weighted by Gasteiger charge is 2.23. The minimum absolute atomic E-state index is 0.152. The van der Waals surface area contributed by atoms with Crippen LogP contribution in [0.25, 0.3) is 0 Å². The van der Waals surface area contributed by atoms with Gasteiger partial charge in [-0.2, -0.15) is 0 Å². The minimum atomic E-state index is -0.318. The van der Waals surface area contributed by atoms with Crippen LogP contribution in [0.3, 0.4) is 0 Å². The number of hydrogen-bond donors (Lipinski definition) is 1. The van der Waals surface area contributed by atoms with E-state index in [2.05, 4.69) is 39.4 Å². The number of rotatable bonds is 3. The molecular formula is C14H13IN2O2S. The van der Waals surface area contributed by atoms with E-state index in [9.17, 15) is 10.1 Å². The quantitative estimate of drug-likeness (QED) is 0.460. The molecule has 0 amide bonds. The molecule has 4 nitrogen and oxygen atoms in total. The molecule has 1 aliphatic rings. The molecule has 1 aliphatic carbocycles. The Kier molecular flexibility index (Phi) is 3.93. The van der Waals surface area contributed by atoms with Crippen LogP contribution in [0, 0.1) is 13.7 Å². The van der Waals surface area contributed by atoms with Crippen LogP contribution in [0.4, 0.5) is 11.4 Å². The molecule has 1 unspecified atom stereocenters. The van der Waals surface area contributed by atoms with Gasteiger partial charge in [0.25, 0.3) is 5.69 Å². The molecule has 20 heavy (non-hydrogen) atoms. The Balaban J connectivity index is 1.92. The SMILES string of the molecule is O=[N+]([O-])c1cc(I)ccc1NC1CCCc2sccc21. The maximum absolute atomic E-state index is 11.2. The molecule has 0 radical (unpaired) electrons. The summed E-state index contributed by atoms with van der Waals surface area (Å²) in [6.07, 6.45) is 3.27. The van der Waals surface area contributed by atoms with Crippen LogP contribution in [0.5, 0.6) is 0 Å². The highest BCUT2D eigenvalue weighted by atomic mass is 127. The van der Waals surface area contributed by atoms with Gasteiger partial charge in [0.1, 0.15) is 5.69 Å². The monoisotopic (exact) mass is 400 g/mol. The van der Waals surface area contributed by atoms with Gasteiger partial charge in [0.15, 0.2) is 0 Å². The second-order valence-corrected chi connectivity index (χ2v) is 7.05. The van der Waals surface area contributed by atoms with Crippen molar-refractivity contribution in [3.63, 3.8) is 0 Å². The van der Waals surface area contributed by atoms with Gasteiger partial charge in [0, 0.05) is 14.5 Å². The van der Waals surface area contributed by atoms with Gasteiger partial charge in [-0.3, -0.25) is 10.1 Å². The highest BCUT2D eigenvalue weighted by Crippen LogP contribution is 2.37. The maximum atomic E-state index is 11.2. The lowest BCUT2D eigenvalue weighted by Crippen LogP contribution is -2.16. The summed E-state index contributed by atoms with van der Waals surface area (Å²) in [5, 5.41) is 16.6. The largest absolute Gasteiger partial charge is 0.373 e. The number of nitrogens with one attached hydrogen (secondary N) is 1. The van der Waals surface area contributed by atoms with Crippen LogP contribution in [0.1, 0.15) is 29.3 Å². The zero-order valence-corrected chi connectivity index (χ0v) is 13.6. The number of anilines is 1. The van der Waals surface area contributed by atoms with E-state index < -0.39 is 0 Å². The van der Waals surface area contributed by atoms with E-state index in [1.807, 2.05) is 6.07 Å². The zero-order chi connectivity index (χ0) is 14.1. The molecule has 104 valence electrons. The fraction of sp³-hybridized carbons (Fsp3) is 0.286. The van der Waals surface area contributed by atoms with Crippen molar-refractivity contribution in [2.75, 3.05) is 5.32 Å². The molecule has 1 atom stereocenters. The third-order valence-electron chi connectivity index (χ3n) is 3.54. The predicted molar refractivity (Wildman–Crippen MR) is 89.4 cm³/mol. The average molecular weight is 400 g/mol. The van der Waals surface area contributed by atoms with Crippen molar-refractivity contribution < 1.29 is 4.92 Å². The van der Waals surface area contributed by atoms with E-state index in [0.717, 1.165) is 22.8 Å². The number of halogens is 1. The Morgan fingerprint density at radius 3 is 3.05 bits per heavy atom. The zero-order valence-electron chi connectivity index (χ0n) is 10.6. The highest BCUT2D eigenvalue weighted by molar-refractivity contribution is 14.1. The van der Waals surface area contributed by atoms with Gasteiger partial charge in [-0.1, -0.05) is 0 Å². The van der Waals surface area contributed by atoms with E-state index in [-0.39, 0.29) is 16.7 Å². The summed E-state index contributed by atoms with van der Waals surface area (Å²) in [6.45, 7) is 0. The Bertz CT molecular complexity index is 656. The van der Waals surface area contributed by atoms with Crippen molar-refractivity contribution in [3.05, 3.63) is 53.8 Å². The molecule has 1 aromatic carbocycles. The van der Waals surface area contributed by atoms with Crippen LogP contribution >= 0.6 is 33.9 Å². The van der Waals surface area contributed by atoms with Crippen LogP contribution in [0.15, 0.2) is 29.6 Å². The number of benzene rings is 1. The number of nitrogens with zero attached hydrogens (tertiary/aromatic N) is 1. The second kappa shape index (κ2) is 5.69. The summed E-state index contributed by atoms with van der Waals surface area (Å²) >= 11 is 3.87. The van der Waals surface area contributed by atoms with Gasteiger partial charge in [-0.25, -0.2) is 0 Å². The summed E-state index contributed by atoms with van der Waals surface area (Å²) in [4.78, 5) is 12.3. The van der Waals surface area contributed by atoms with Crippen molar-refractivity contribution in [2.24, 2.45) is 0 Å². The third-order valence-corrected chi connectivity index (χ3v) is 5.21. The summed E-state index contributed by atoms with van der Waals surface area (Å²) in [5.74, 6) is 0. The lowest BCUT2D eigenvalue weighted by molar-refractivity contribution is -0.384. The number of nitro benzene ring substituents is 1. The van der Waals surface area contributed by atoms with Gasteiger partial charge in [0.2, 0.25) is 0 Å². The van der Waals surface area contributed by atoms with E-state index in [1.54, 1.807) is 23.5 Å². The molecule has 2 aromatic rings. The van der Waals surface area contributed by atoms with Gasteiger partial charge in [0.05, 0.1) is 11.0 Å². The third kappa shape index (κ3) is 2.67. The molecule has 3 rings (SSSR count). The molecule has 1 N–H and O–H groups in total. The lowest BCUT2D eigenvalue weighted by Gasteiger charge is -2.24. The maximum Gasteiger partial charge on any atom is 0.293 e. The molecule has 0 fully saturated rings. The second-order valence-electron chi connectivity index (χ2n) is 4.81. The van der Waals surface area contributed by atoms with Gasteiger partial charge in [-0.15, -0.1) is 11.3 Å². The van der Waals surface area contributed by atoms with Crippen molar-refractivity contribution in [2.45, 2.75) is 25.3 Å². The molecule has 0 aliphatic heterocycles. The number of fused-ring (bicyclic) bond motifs is 1. The molecule has 6 heteroatoms. The lowest BCUT2D eigenvalue weighted by atomic mass is 9.94. The fourth-order valence-corrected chi connectivity index (χ4v) is 4.06. The Morgan fingerprint density at radius 2 is 2.25 bits per heavy atom. The standard InChI is InChI=1S/C14H13IN2O2S/c15-9-4-5-12(13(8-9)17(18)19)16-11-2-1-3-14-10(11)6-7-20-14/h4-8,11,16H,1-3H2. The molecule has 0 saturated heterocycles. The molecule has 0 spiro atoms. The first-order valence-electron chi connectivity index (χ1n) is 6.42. The number of hydrogen-bond acceptors (Lipinski definition) is 4.